The molecule has 0 spiro atoms. The van der Waals surface area contributed by atoms with E-state index in [-0.39, 0.29) is 29.3 Å². The van der Waals surface area contributed by atoms with Gasteiger partial charge in [-0.25, -0.2) is 8.42 Å². The van der Waals surface area contributed by atoms with E-state index < -0.39 is 16.0 Å². The average molecular weight is 405 g/mol. The van der Waals surface area contributed by atoms with Crippen molar-refractivity contribution in [2.24, 2.45) is 0 Å². The number of nitrogens with zero attached hydrogens (tertiary/aromatic N) is 2. The van der Waals surface area contributed by atoms with E-state index in [1.807, 2.05) is 24.3 Å². The van der Waals surface area contributed by atoms with Crippen LogP contribution in [0.4, 0.5) is 5.69 Å². The summed E-state index contributed by atoms with van der Waals surface area (Å²) in [6.45, 7) is 1.52. The first kappa shape index (κ1) is 20.0. The Hall–Kier alpha value is -2.78. The number of rotatable bonds is 6. The lowest BCUT2D eigenvalue weighted by atomic mass is 10.2. The third kappa shape index (κ3) is 3.76. The zero-order valence-electron chi connectivity index (χ0n) is 15.6. The van der Waals surface area contributed by atoms with Gasteiger partial charge >= 0.3 is 0 Å². The second-order valence-corrected chi connectivity index (χ2v) is 8.15. The van der Waals surface area contributed by atoms with Crippen molar-refractivity contribution < 1.29 is 27.8 Å². The topological polar surface area (TPSA) is 99.2 Å². The molecular formula is C19H21N2O6S-. The predicted octanol–water partition coefficient (Wildman–Crippen LogP) is 0.578. The van der Waals surface area contributed by atoms with E-state index in [1.165, 1.54) is 23.5 Å². The maximum atomic E-state index is 13.0. The molecule has 8 nitrogen and oxygen atoms in total. The molecule has 1 aliphatic rings. The summed E-state index contributed by atoms with van der Waals surface area (Å²) in [5, 5.41) is 11.3. The molecule has 1 saturated heterocycles. The highest BCUT2D eigenvalue weighted by molar-refractivity contribution is 7.89. The third-order valence-corrected chi connectivity index (χ3v) is 6.59. The second-order valence-electron chi connectivity index (χ2n) is 6.21. The van der Waals surface area contributed by atoms with Crippen LogP contribution in [0, 0.1) is 0 Å². The van der Waals surface area contributed by atoms with Crippen molar-refractivity contribution in [2.45, 2.75) is 4.90 Å². The van der Waals surface area contributed by atoms with E-state index >= 15 is 0 Å². The van der Waals surface area contributed by atoms with Gasteiger partial charge in [0.05, 0.1) is 30.8 Å². The first-order chi connectivity index (χ1) is 13.4. The van der Waals surface area contributed by atoms with Crippen LogP contribution in [0.2, 0.25) is 0 Å². The molecule has 0 N–H and O–H groups in total. The summed E-state index contributed by atoms with van der Waals surface area (Å²) in [4.78, 5) is 13.2. The number of hydrogen-bond donors (Lipinski definition) is 0. The summed E-state index contributed by atoms with van der Waals surface area (Å²) in [6, 6.07) is 11.3. The molecule has 3 rings (SSSR count). The molecule has 0 saturated carbocycles. The monoisotopic (exact) mass is 405 g/mol. The second kappa shape index (κ2) is 8.07. The highest BCUT2D eigenvalue weighted by Gasteiger charge is 2.30. The number of aromatic carboxylic acids is 1. The number of piperazine rings is 1. The van der Waals surface area contributed by atoms with Crippen LogP contribution >= 0.6 is 0 Å². The van der Waals surface area contributed by atoms with Crippen LogP contribution in [-0.4, -0.2) is 59.1 Å². The number of methoxy groups -OCH3 is 2. The molecule has 1 fully saturated rings. The molecule has 1 heterocycles. The zero-order chi connectivity index (χ0) is 20.3. The van der Waals surface area contributed by atoms with Gasteiger partial charge in [-0.1, -0.05) is 12.1 Å². The van der Waals surface area contributed by atoms with Gasteiger partial charge < -0.3 is 24.3 Å². The number of anilines is 1. The highest BCUT2D eigenvalue weighted by Crippen LogP contribution is 2.30. The summed E-state index contributed by atoms with van der Waals surface area (Å²) in [5.41, 5.74) is 0.613. The van der Waals surface area contributed by atoms with Crippen LogP contribution in [0.1, 0.15) is 10.4 Å². The number of benzene rings is 2. The number of carbonyl (C=O) groups excluding carboxylic acids is 1. The highest BCUT2D eigenvalue weighted by atomic mass is 32.2. The SMILES string of the molecule is COc1ccc(S(=O)(=O)N2CCN(c3ccccc3OC)CC2)cc1C(=O)[O-]. The number of hydrogen-bond acceptors (Lipinski definition) is 7. The first-order valence-electron chi connectivity index (χ1n) is 8.66. The maximum absolute atomic E-state index is 13.0. The molecule has 0 aliphatic carbocycles. The quantitative estimate of drug-likeness (QED) is 0.693. The molecule has 2 aromatic carbocycles. The van der Waals surface area contributed by atoms with Gasteiger partial charge in [0, 0.05) is 31.7 Å². The fourth-order valence-corrected chi connectivity index (χ4v) is 4.67. The van der Waals surface area contributed by atoms with E-state index in [2.05, 4.69) is 4.90 Å². The molecule has 150 valence electrons. The van der Waals surface area contributed by atoms with Gasteiger partial charge in [-0.3, -0.25) is 0 Å². The Morgan fingerprint density at radius 3 is 2.21 bits per heavy atom. The molecule has 0 atom stereocenters. The van der Waals surface area contributed by atoms with Crippen molar-refractivity contribution >= 4 is 21.7 Å². The van der Waals surface area contributed by atoms with Crippen molar-refractivity contribution in [3.63, 3.8) is 0 Å². The lowest BCUT2D eigenvalue weighted by molar-refractivity contribution is -0.255. The Kier molecular flexibility index (Phi) is 5.76. The largest absolute Gasteiger partial charge is 0.545 e. The Balaban J connectivity index is 1.80. The number of carboxylic acid groups (broad SMARTS) is 1. The molecule has 28 heavy (non-hydrogen) atoms. The number of para-hydroxylation sites is 2. The van der Waals surface area contributed by atoms with Crippen molar-refractivity contribution in [1.29, 1.82) is 0 Å². The minimum atomic E-state index is -3.84. The summed E-state index contributed by atoms with van der Waals surface area (Å²) >= 11 is 0. The first-order valence-corrected chi connectivity index (χ1v) is 10.1. The minimum Gasteiger partial charge on any atom is -0.545 e. The van der Waals surface area contributed by atoms with Gasteiger partial charge in [0.25, 0.3) is 0 Å². The lowest BCUT2D eigenvalue weighted by Crippen LogP contribution is -2.48. The van der Waals surface area contributed by atoms with Gasteiger partial charge in [0.1, 0.15) is 11.5 Å². The van der Waals surface area contributed by atoms with E-state index in [1.54, 1.807) is 7.11 Å². The van der Waals surface area contributed by atoms with Crippen LogP contribution in [-0.2, 0) is 10.0 Å². The molecule has 0 aromatic heterocycles. The van der Waals surface area contributed by atoms with E-state index in [4.69, 9.17) is 9.47 Å². The van der Waals surface area contributed by atoms with E-state index in [0.29, 0.717) is 13.1 Å². The fourth-order valence-electron chi connectivity index (χ4n) is 3.22. The van der Waals surface area contributed by atoms with Crippen LogP contribution in [0.5, 0.6) is 11.5 Å². The predicted molar refractivity (Wildman–Crippen MR) is 101 cm³/mol. The Morgan fingerprint density at radius 1 is 0.964 bits per heavy atom. The summed E-state index contributed by atoms with van der Waals surface area (Å²) < 4.78 is 37.6. The lowest BCUT2D eigenvalue weighted by Gasteiger charge is -2.36. The maximum Gasteiger partial charge on any atom is 0.243 e. The Morgan fingerprint density at radius 2 is 1.61 bits per heavy atom. The van der Waals surface area contributed by atoms with Gasteiger partial charge in [0.15, 0.2) is 0 Å². The van der Waals surface area contributed by atoms with Crippen molar-refractivity contribution in [3.8, 4) is 11.5 Å². The average Bonchev–Trinajstić information content (AvgIpc) is 2.73. The molecule has 0 bridgehead atoms. The molecule has 9 heteroatoms. The van der Waals surface area contributed by atoms with Crippen molar-refractivity contribution in [2.75, 3.05) is 45.3 Å². The van der Waals surface area contributed by atoms with Crippen LogP contribution in [0.25, 0.3) is 0 Å². The Bertz CT molecular complexity index is 968. The molecular weight excluding hydrogens is 384 g/mol. The molecule has 0 unspecified atom stereocenters. The van der Waals surface area contributed by atoms with Crippen molar-refractivity contribution in [1.82, 2.24) is 4.31 Å². The standard InChI is InChI=1S/C19H22N2O6S/c1-26-17-8-7-14(13-15(17)19(22)23)28(24,25)21-11-9-20(10-12-21)16-5-3-4-6-18(16)27-2/h3-8,13H,9-12H2,1-2H3,(H,22,23)/p-1. The fraction of sp³-hybridized carbons (Fsp3) is 0.316. The smallest absolute Gasteiger partial charge is 0.243 e. The number of sulfonamides is 1. The normalized spacial score (nSPS) is 15.3. The number of carbonyl (C=O) groups is 1. The van der Waals surface area contributed by atoms with Gasteiger partial charge in [-0.05, 0) is 30.3 Å². The van der Waals surface area contributed by atoms with Gasteiger partial charge in [0.2, 0.25) is 10.0 Å². The van der Waals surface area contributed by atoms with Crippen LogP contribution in [0.15, 0.2) is 47.4 Å². The van der Waals surface area contributed by atoms with Crippen LogP contribution < -0.4 is 19.5 Å². The molecule has 2 aromatic rings. The zero-order valence-corrected chi connectivity index (χ0v) is 16.4. The van der Waals surface area contributed by atoms with E-state index in [0.717, 1.165) is 17.5 Å². The minimum absolute atomic E-state index is 0.0555. The molecule has 1 aliphatic heterocycles. The number of carboxylic acids is 1. The number of ether oxygens (including phenoxy) is 2. The summed E-state index contributed by atoms with van der Waals surface area (Å²) in [7, 11) is -0.928. The molecule has 0 amide bonds. The van der Waals surface area contributed by atoms with Crippen LogP contribution in [0.3, 0.4) is 0 Å². The van der Waals surface area contributed by atoms with Crippen molar-refractivity contribution in [3.05, 3.63) is 48.0 Å². The summed E-state index contributed by atoms with van der Waals surface area (Å²) in [5.74, 6) is -0.706. The van der Waals surface area contributed by atoms with Gasteiger partial charge in [-0.2, -0.15) is 4.31 Å². The molecule has 0 radical (unpaired) electrons. The Labute approximate surface area is 164 Å². The van der Waals surface area contributed by atoms with Gasteiger partial charge in [-0.15, -0.1) is 0 Å². The third-order valence-electron chi connectivity index (χ3n) is 4.69. The van der Waals surface area contributed by atoms with E-state index in [9.17, 15) is 18.3 Å². The summed E-state index contributed by atoms with van der Waals surface area (Å²) in [6.07, 6.45) is 0.